The van der Waals surface area contributed by atoms with Crippen molar-refractivity contribution in [3.05, 3.63) is 65.4 Å². The highest BCUT2D eigenvalue weighted by molar-refractivity contribution is 6.45. The van der Waals surface area contributed by atoms with E-state index in [2.05, 4.69) is 0 Å². The Bertz CT molecular complexity index is 934. The fourth-order valence-electron chi connectivity index (χ4n) is 3.28. The fourth-order valence-corrected chi connectivity index (χ4v) is 3.28. The molecule has 152 valence electrons. The van der Waals surface area contributed by atoms with Gasteiger partial charge in [0, 0.05) is 19.7 Å². The Morgan fingerprint density at radius 1 is 1.07 bits per heavy atom. The summed E-state index contributed by atoms with van der Waals surface area (Å²) >= 11 is 0. The average Bonchev–Trinajstić information content (AvgIpc) is 2.97. The third kappa shape index (κ3) is 4.17. The molecule has 0 saturated carbocycles. The summed E-state index contributed by atoms with van der Waals surface area (Å²) in [5.41, 5.74) is 2.83. The fraction of sp³-hybridized carbons (Fsp3) is 0.304. The van der Waals surface area contributed by atoms with Gasteiger partial charge in [-0.15, -0.1) is 0 Å². The molecule has 1 heterocycles. The third-order valence-electron chi connectivity index (χ3n) is 4.77. The Hall–Kier alpha value is -3.12. The van der Waals surface area contributed by atoms with Gasteiger partial charge in [-0.25, -0.2) is 4.90 Å². The highest BCUT2D eigenvalue weighted by Crippen LogP contribution is 2.35. The molecule has 2 aromatic rings. The van der Waals surface area contributed by atoms with Gasteiger partial charge in [-0.05, 0) is 31.0 Å². The molecule has 29 heavy (non-hydrogen) atoms. The van der Waals surface area contributed by atoms with Gasteiger partial charge >= 0.3 is 0 Å². The van der Waals surface area contributed by atoms with Crippen LogP contribution in [0.3, 0.4) is 0 Å². The molecule has 0 spiro atoms. The number of hydrogen-bond acceptors (Lipinski definition) is 5. The lowest BCUT2D eigenvalue weighted by Crippen LogP contribution is -2.34. The van der Waals surface area contributed by atoms with Gasteiger partial charge in [-0.1, -0.05) is 42.8 Å². The van der Waals surface area contributed by atoms with Gasteiger partial charge < -0.3 is 14.7 Å². The van der Waals surface area contributed by atoms with E-state index in [0.717, 1.165) is 12.0 Å². The number of rotatable bonds is 8. The Kier molecular flexibility index (Phi) is 6.34. The van der Waals surface area contributed by atoms with Crippen molar-refractivity contribution in [1.82, 2.24) is 4.90 Å². The third-order valence-corrected chi connectivity index (χ3v) is 4.77. The minimum atomic E-state index is -0.408. The predicted molar refractivity (Wildman–Crippen MR) is 113 cm³/mol. The zero-order chi connectivity index (χ0) is 21.0. The number of likely N-dealkylation sites (N-methyl/N-ethyl adjacent to an activating group) is 1. The first-order valence-corrected chi connectivity index (χ1v) is 9.72. The zero-order valence-corrected chi connectivity index (χ0v) is 17.0. The lowest BCUT2D eigenvalue weighted by molar-refractivity contribution is -0.120. The Morgan fingerprint density at radius 3 is 2.45 bits per heavy atom. The molecule has 6 nitrogen and oxygen atoms in total. The van der Waals surface area contributed by atoms with Crippen LogP contribution in [0.1, 0.15) is 24.5 Å². The molecular weight excluding hydrogens is 368 g/mol. The summed E-state index contributed by atoms with van der Waals surface area (Å²) in [6.45, 7) is 4.66. The van der Waals surface area contributed by atoms with E-state index in [-0.39, 0.29) is 24.8 Å². The van der Waals surface area contributed by atoms with Crippen molar-refractivity contribution in [2.75, 3.05) is 31.7 Å². The quantitative estimate of drug-likeness (QED) is 0.697. The summed E-state index contributed by atoms with van der Waals surface area (Å²) in [5.74, 6) is -0.181. The molecule has 0 atom stereocenters. The second-order valence-electron chi connectivity index (χ2n) is 7.03. The molecule has 2 amide bonds. The Balaban J connectivity index is 2.04. The van der Waals surface area contributed by atoms with E-state index in [9.17, 15) is 14.7 Å². The number of aliphatic hydroxyl groups excluding tert-OH is 1. The second kappa shape index (κ2) is 8.92. The van der Waals surface area contributed by atoms with Crippen molar-refractivity contribution in [2.24, 2.45) is 0 Å². The van der Waals surface area contributed by atoms with Gasteiger partial charge in [0.15, 0.2) is 0 Å². The molecule has 0 unspecified atom stereocenters. The number of hydrogen-bond donors (Lipinski definition) is 1. The topological polar surface area (TPSA) is 70.1 Å². The molecule has 1 aliphatic rings. The van der Waals surface area contributed by atoms with Gasteiger partial charge in [0.25, 0.3) is 11.8 Å². The standard InChI is InChI=1S/C23H26N2O4/c1-4-14-29-19-7-5-6-18(15-19)25-22(27)20(17-10-8-16(2)9-11-17)21(23(25)28)24(3)12-13-26/h5-11,15,26H,4,12-14H2,1-3H3. The van der Waals surface area contributed by atoms with Crippen LogP contribution in [0.2, 0.25) is 0 Å². The van der Waals surface area contributed by atoms with E-state index >= 15 is 0 Å². The van der Waals surface area contributed by atoms with E-state index in [4.69, 9.17) is 4.74 Å². The van der Waals surface area contributed by atoms with Crippen molar-refractivity contribution >= 4 is 23.1 Å². The van der Waals surface area contributed by atoms with Gasteiger partial charge in [-0.3, -0.25) is 9.59 Å². The number of imide groups is 1. The van der Waals surface area contributed by atoms with Gasteiger partial charge in [0.05, 0.1) is 24.5 Å². The van der Waals surface area contributed by atoms with Crippen LogP contribution in [0.4, 0.5) is 5.69 Å². The van der Waals surface area contributed by atoms with Crippen LogP contribution in [-0.4, -0.2) is 48.6 Å². The minimum absolute atomic E-state index is 0.122. The van der Waals surface area contributed by atoms with Gasteiger partial charge in [0.2, 0.25) is 0 Å². The first-order chi connectivity index (χ1) is 14.0. The molecule has 0 aliphatic carbocycles. The maximum absolute atomic E-state index is 13.4. The summed E-state index contributed by atoms with van der Waals surface area (Å²) in [7, 11) is 1.70. The molecule has 6 heteroatoms. The van der Waals surface area contributed by atoms with Crippen molar-refractivity contribution in [3.63, 3.8) is 0 Å². The van der Waals surface area contributed by atoms with Crippen molar-refractivity contribution < 1.29 is 19.4 Å². The number of benzene rings is 2. The molecule has 3 rings (SSSR count). The summed E-state index contributed by atoms with van der Waals surface area (Å²) in [6.07, 6.45) is 0.862. The van der Waals surface area contributed by atoms with Crippen LogP contribution in [0.25, 0.3) is 5.57 Å². The van der Waals surface area contributed by atoms with Gasteiger partial charge in [0.1, 0.15) is 11.4 Å². The number of carbonyl (C=O) groups is 2. The average molecular weight is 394 g/mol. The zero-order valence-electron chi connectivity index (χ0n) is 17.0. The van der Waals surface area contributed by atoms with Crippen LogP contribution < -0.4 is 9.64 Å². The molecular formula is C23H26N2O4. The number of aliphatic hydroxyl groups is 1. The van der Waals surface area contributed by atoms with Crippen molar-refractivity contribution in [1.29, 1.82) is 0 Å². The SMILES string of the molecule is CCCOc1cccc(N2C(=O)C(c3ccc(C)cc3)=C(N(C)CCO)C2=O)c1. The van der Waals surface area contributed by atoms with E-state index in [1.54, 1.807) is 36.2 Å². The smallest absolute Gasteiger partial charge is 0.282 e. The normalized spacial score (nSPS) is 14.0. The lowest BCUT2D eigenvalue weighted by atomic mass is 10.0. The van der Waals surface area contributed by atoms with E-state index in [1.165, 1.54) is 4.90 Å². The highest BCUT2D eigenvalue weighted by Gasteiger charge is 2.41. The summed E-state index contributed by atoms with van der Waals surface area (Å²) in [4.78, 5) is 29.5. The van der Waals surface area contributed by atoms with Crippen LogP contribution >= 0.6 is 0 Å². The largest absolute Gasteiger partial charge is 0.494 e. The molecule has 1 N–H and O–H groups in total. The van der Waals surface area contributed by atoms with Crippen LogP contribution in [0, 0.1) is 6.92 Å². The molecule has 0 fully saturated rings. The molecule has 2 aromatic carbocycles. The number of anilines is 1. The predicted octanol–water partition coefficient (Wildman–Crippen LogP) is 2.99. The number of amides is 2. The molecule has 0 saturated heterocycles. The summed E-state index contributed by atoms with van der Waals surface area (Å²) < 4.78 is 5.66. The summed E-state index contributed by atoms with van der Waals surface area (Å²) in [5, 5.41) is 9.35. The summed E-state index contributed by atoms with van der Waals surface area (Å²) in [6, 6.07) is 14.5. The maximum Gasteiger partial charge on any atom is 0.282 e. The van der Waals surface area contributed by atoms with Crippen LogP contribution in [0.5, 0.6) is 5.75 Å². The minimum Gasteiger partial charge on any atom is -0.494 e. The number of nitrogens with zero attached hydrogens (tertiary/aromatic N) is 2. The van der Waals surface area contributed by atoms with E-state index < -0.39 is 5.91 Å². The number of ether oxygens (including phenoxy) is 1. The highest BCUT2D eigenvalue weighted by atomic mass is 16.5. The molecule has 0 bridgehead atoms. The van der Waals surface area contributed by atoms with E-state index in [1.807, 2.05) is 38.1 Å². The Morgan fingerprint density at radius 2 is 1.79 bits per heavy atom. The lowest BCUT2D eigenvalue weighted by Gasteiger charge is -2.20. The van der Waals surface area contributed by atoms with E-state index in [0.29, 0.717) is 29.2 Å². The molecule has 0 radical (unpaired) electrons. The molecule has 1 aliphatic heterocycles. The monoisotopic (exact) mass is 394 g/mol. The van der Waals surface area contributed by atoms with Crippen LogP contribution in [-0.2, 0) is 9.59 Å². The first-order valence-electron chi connectivity index (χ1n) is 9.72. The number of aryl methyl sites for hydroxylation is 1. The maximum atomic E-state index is 13.4. The van der Waals surface area contributed by atoms with Gasteiger partial charge in [-0.2, -0.15) is 0 Å². The van der Waals surface area contributed by atoms with Crippen molar-refractivity contribution in [3.8, 4) is 5.75 Å². The van der Waals surface area contributed by atoms with Crippen molar-refractivity contribution in [2.45, 2.75) is 20.3 Å². The Labute approximate surface area is 171 Å². The first kappa shape index (κ1) is 20.6. The number of carbonyl (C=O) groups excluding carboxylic acids is 2. The molecule has 0 aromatic heterocycles. The second-order valence-corrected chi connectivity index (χ2v) is 7.03. The van der Waals surface area contributed by atoms with Crippen LogP contribution in [0.15, 0.2) is 54.2 Å².